The first-order valence-corrected chi connectivity index (χ1v) is 9.21. The predicted octanol–water partition coefficient (Wildman–Crippen LogP) is 2.91. The van der Waals surface area contributed by atoms with Gasteiger partial charge in [-0.05, 0) is 17.7 Å². The van der Waals surface area contributed by atoms with E-state index in [1.807, 2.05) is 53.4 Å². The summed E-state index contributed by atoms with van der Waals surface area (Å²) in [7, 11) is 3.34. The van der Waals surface area contributed by atoms with Crippen molar-refractivity contribution in [3.63, 3.8) is 0 Å². The Balaban J connectivity index is 1.51. The molecule has 1 fully saturated rings. The summed E-state index contributed by atoms with van der Waals surface area (Å²) in [5.41, 5.74) is 2.13. The van der Waals surface area contributed by atoms with E-state index in [0.29, 0.717) is 19.6 Å². The minimum atomic E-state index is -0.148. The molecule has 0 radical (unpaired) electrons. The number of piperazine rings is 1. The molecule has 1 N–H and O–H groups in total. The van der Waals surface area contributed by atoms with Gasteiger partial charge in [0.15, 0.2) is 0 Å². The van der Waals surface area contributed by atoms with Crippen molar-refractivity contribution in [1.82, 2.24) is 10.2 Å². The molecule has 1 atom stereocenters. The number of benzene rings is 2. The molecule has 1 heterocycles. The molecule has 1 saturated heterocycles. The lowest BCUT2D eigenvalue weighted by Gasteiger charge is -2.36. The summed E-state index contributed by atoms with van der Waals surface area (Å²) in [4.78, 5) is 16.6. The molecule has 2 amide bonds. The molecule has 144 valence electrons. The number of para-hydroxylation sites is 2. The van der Waals surface area contributed by atoms with Crippen molar-refractivity contribution in [2.45, 2.75) is 6.10 Å². The molecule has 6 nitrogen and oxygen atoms in total. The average Bonchev–Trinajstić information content (AvgIpc) is 2.75. The van der Waals surface area contributed by atoms with E-state index in [1.54, 1.807) is 14.2 Å². The first-order valence-electron chi connectivity index (χ1n) is 9.21. The Morgan fingerprint density at radius 3 is 2.33 bits per heavy atom. The monoisotopic (exact) mass is 369 g/mol. The third kappa shape index (κ3) is 4.71. The number of hydrogen-bond acceptors (Lipinski definition) is 4. The van der Waals surface area contributed by atoms with Crippen LogP contribution >= 0.6 is 0 Å². The minimum absolute atomic E-state index is 0.0485. The highest BCUT2D eigenvalue weighted by molar-refractivity contribution is 5.74. The molecular weight excluding hydrogens is 342 g/mol. The van der Waals surface area contributed by atoms with Gasteiger partial charge in [-0.3, -0.25) is 0 Å². The summed E-state index contributed by atoms with van der Waals surface area (Å²) < 4.78 is 11.0. The second-order valence-corrected chi connectivity index (χ2v) is 6.47. The van der Waals surface area contributed by atoms with Gasteiger partial charge in [0.25, 0.3) is 0 Å². The SMILES string of the molecule is COc1ccccc1N1CCN(C(=O)NCC(OC)c2ccccc2)CC1. The third-order valence-corrected chi connectivity index (χ3v) is 4.89. The smallest absolute Gasteiger partial charge is 0.317 e. The van der Waals surface area contributed by atoms with Gasteiger partial charge in [0.05, 0.1) is 18.9 Å². The number of methoxy groups -OCH3 is 2. The minimum Gasteiger partial charge on any atom is -0.495 e. The average molecular weight is 369 g/mol. The quantitative estimate of drug-likeness (QED) is 0.851. The van der Waals surface area contributed by atoms with Gasteiger partial charge < -0.3 is 24.6 Å². The van der Waals surface area contributed by atoms with Crippen LogP contribution in [0.1, 0.15) is 11.7 Å². The molecule has 27 heavy (non-hydrogen) atoms. The molecule has 1 unspecified atom stereocenters. The van der Waals surface area contributed by atoms with E-state index in [2.05, 4.69) is 16.3 Å². The van der Waals surface area contributed by atoms with Gasteiger partial charge in [0, 0.05) is 39.8 Å². The van der Waals surface area contributed by atoms with Crippen molar-refractivity contribution in [3.05, 3.63) is 60.2 Å². The summed E-state index contributed by atoms with van der Waals surface area (Å²) in [6.45, 7) is 3.35. The Kier molecular flexibility index (Phi) is 6.54. The summed E-state index contributed by atoms with van der Waals surface area (Å²) in [5.74, 6) is 0.862. The van der Waals surface area contributed by atoms with Gasteiger partial charge in [-0.2, -0.15) is 0 Å². The zero-order valence-electron chi connectivity index (χ0n) is 15.9. The molecular formula is C21H27N3O3. The topological polar surface area (TPSA) is 54.0 Å². The Bertz CT molecular complexity index is 730. The van der Waals surface area contributed by atoms with Crippen LogP contribution in [-0.2, 0) is 4.74 Å². The maximum Gasteiger partial charge on any atom is 0.317 e. The van der Waals surface area contributed by atoms with E-state index in [4.69, 9.17) is 9.47 Å². The lowest BCUT2D eigenvalue weighted by Crippen LogP contribution is -2.52. The Morgan fingerprint density at radius 1 is 1.00 bits per heavy atom. The van der Waals surface area contributed by atoms with E-state index in [0.717, 1.165) is 30.1 Å². The Morgan fingerprint density at radius 2 is 1.67 bits per heavy atom. The fraction of sp³-hybridized carbons (Fsp3) is 0.381. The fourth-order valence-corrected chi connectivity index (χ4v) is 3.34. The molecule has 3 rings (SSSR count). The van der Waals surface area contributed by atoms with Crippen LogP contribution in [0.3, 0.4) is 0 Å². The molecule has 0 aromatic heterocycles. The van der Waals surface area contributed by atoms with Gasteiger partial charge in [-0.15, -0.1) is 0 Å². The normalized spacial score (nSPS) is 15.3. The van der Waals surface area contributed by atoms with Gasteiger partial charge >= 0.3 is 6.03 Å². The number of urea groups is 1. The highest BCUT2D eigenvalue weighted by atomic mass is 16.5. The van der Waals surface area contributed by atoms with Crippen LogP contribution in [0.4, 0.5) is 10.5 Å². The zero-order valence-corrected chi connectivity index (χ0v) is 15.9. The molecule has 2 aromatic carbocycles. The number of hydrogen-bond donors (Lipinski definition) is 1. The Hall–Kier alpha value is -2.73. The molecule has 0 spiro atoms. The summed E-state index contributed by atoms with van der Waals surface area (Å²) in [6.07, 6.45) is -0.148. The van der Waals surface area contributed by atoms with Crippen molar-refractivity contribution in [2.75, 3.05) is 51.8 Å². The van der Waals surface area contributed by atoms with Crippen molar-refractivity contribution in [2.24, 2.45) is 0 Å². The van der Waals surface area contributed by atoms with Crippen LogP contribution in [0.25, 0.3) is 0 Å². The first-order chi connectivity index (χ1) is 13.2. The number of amides is 2. The predicted molar refractivity (Wildman–Crippen MR) is 106 cm³/mol. The number of anilines is 1. The van der Waals surface area contributed by atoms with Crippen LogP contribution in [0.5, 0.6) is 5.75 Å². The zero-order chi connectivity index (χ0) is 19.1. The van der Waals surface area contributed by atoms with E-state index in [1.165, 1.54) is 0 Å². The summed E-state index contributed by atoms with van der Waals surface area (Å²) in [6, 6.07) is 17.9. The van der Waals surface area contributed by atoms with Gasteiger partial charge in [-0.25, -0.2) is 4.79 Å². The molecule has 0 aliphatic carbocycles. The van der Waals surface area contributed by atoms with Crippen molar-refractivity contribution < 1.29 is 14.3 Å². The molecule has 0 saturated carbocycles. The number of carbonyl (C=O) groups excluding carboxylic acids is 1. The van der Waals surface area contributed by atoms with Crippen molar-refractivity contribution >= 4 is 11.7 Å². The van der Waals surface area contributed by atoms with Gasteiger partial charge in [-0.1, -0.05) is 42.5 Å². The van der Waals surface area contributed by atoms with Gasteiger partial charge in [0.2, 0.25) is 0 Å². The summed E-state index contributed by atoms with van der Waals surface area (Å²) >= 11 is 0. The second kappa shape index (κ2) is 9.28. The number of nitrogens with one attached hydrogen (secondary N) is 1. The molecule has 6 heteroatoms. The number of nitrogens with zero attached hydrogens (tertiary/aromatic N) is 2. The van der Waals surface area contributed by atoms with Crippen LogP contribution in [0.15, 0.2) is 54.6 Å². The van der Waals surface area contributed by atoms with Crippen LogP contribution in [0, 0.1) is 0 Å². The highest BCUT2D eigenvalue weighted by Crippen LogP contribution is 2.28. The van der Waals surface area contributed by atoms with Crippen LogP contribution in [0.2, 0.25) is 0 Å². The lowest BCUT2D eigenvalue weighted by atomic mass is 10.1. The number of ether oxygens (including phenoxy) is 2. The van der Waals surface area contributed by atoms with E-state index < -0.39 is 0 Å². The molecule has 2 aromatic rings. The highest BCUT2D eigenvalue weighted by Gasteiger charge is 2.23. The van der Waals surface area contributed by atoms with Crippen LogP contribution < -0.4 is 15.0 Å². The van der Waals surface area contributed by atoms with Crippen molar-refractivity contribution in [1.29, 1.82) is 0 Å². The molecule has 1 aliphatic heterocycles. The lowest BCUT2D eigenvalue weighted by molar-refractivity contribution is 0.101. The maximum absolute atomic E-state index is 12.5. The number of carbonyl (C=O) groups is 1. The third-order valence-electron chi connectivity index (χ3n) is 4.89. The second-order valence-electron chi connectivity index (χ2n) is 6.47. The molecule has 0 bridgehead atoms. The molecule has 1 aliphatic rings. The standard InChI is InChI=1S/C21H27N3O3/c1-26-19-11-7-6-10-18(19)23-12-14-24(15-13-23)21(25)22-16-20(27-2)17-8-4-3-5-9-17/h3-11,20H,12-16H2,1-2H3,(H,22,25). The van der Waals surface area contributed by atoms with E-state index in [-0.39, 0.29) is 12.1 Å². The first kappa shape index (κ1) is 19.0. The van der Waals surface area contributed by atoms with Gasteiger partial charge in [0.1, 0.15) is 5.75 Å². The fourth-order valence-electron chi connectivity index (χ4n) is 3.34. The van der Waals surface area contributed by atoms with Crippen LogP contribution in [-0.4, -0.2) is 57.9 Å². The number of rotatable bonds is 6. The maximum atomic E-state index is 12.5. The van der Waals surface area contributed by atoms with Crippen molar-refractivity contribution in [3.8, 4) is 5.75 Å². The summed E-state index contributed by atoms with van der Waals surface area (Å²) in [5, 5.41) is 3.00. The van der Waals surface area contributed by atoms with E-state index >= 15 is 0 Å². The van der Waals surface area contributed by atoms with E-state index in [9.17, 15) is 4.79 Å². The largest absolute Gasteiger partial charge is 0.495 e. The Labute approximate surface area is 160 Å².